The van der Waals surface area contributed by atoms with Gasteiger partial charge in [-0.2, -0.15) is 0 Å². The molecule has 15 nitrogen and oxygen atoms in total. The van der Waals surface area contributed by atoms with Crippen LogP contribution in [0.1, 0.15) is 108 Å². The molecule has 0 radical (unpaired) electrons. The Morgan fingerprint density at radius 2 is 1.61 bits per heavy atom. The van der Waals surface area contributed by atoms with Crippen molar-refractivity contribution in [2.45, 2.75) is 198 Å². The van der Waals surface area contributed by atoms with Gasteiger partial charge in [0, 0.05) is 38.1 Å². The number of carbonyl (C=O) groups excluding carboxylic acids is 1. The number of esters is 1. The van der Waals surface area contributed by atoms with E-state index in [2.05, 4.69) is 10.6 Å². The molecule has 3 heterocycles. The SMILES string of the molecule is CCCNC[C@]1(O)[C@H](C)OC(O[C@H]2[C@H](C)[C@@H](O[C@@H]3O[C@H](C)C[C@H](N(C)C)[C@H]3O)[C@](C)(O)C[C@@H](C)CN[C@H](C)[C@@H](O)[C@](C)(O)[C@@H](CC)OC(=O)[C@@H]2C)C[C@@]1(C)OC. The van der Waals surface area contributed by atoms with Crippen LogP contribution >= 0.6 is 0 Å². The molecule has 3 rings (SSSR count). The van der Waals surface area contributed by atoms with Crippen molar-refractivity contribution in [3.8, 4) is 0 Å². The highest BCUT2D eigenvalue weighted by Crippen LogP contribution is 2.43. The van der Waals surface area contributed by atoms with Gasteiger partial charge in [0.15, 0.2) is 12.6 Å². The summed E-state index contributed by atoms with van der Waals surface area (Å²) in [5.41, 5.74) is -5.95. The number of cyclic esters (lactones) is 1. The van der Waals surface area contributed by atoms with E-state index >= 15 is 0 Å². The summed E-state index contributed by atoms with van der Waals surface area (Å²) in [4.78, 5) is 16.2. The Labute approximate surface area is 336 Å². The van der Waals surface area contributed by atoms with E-state index in [1.54, 1.807) is 34.6 Å². The third-order valence-electron chi connectivity index (χ3n) is 13.0. The number of hydrogen-bond donors (Lipinski definition) is 7. The summed E-state index contributed by atoms with van der Waals surface area (Å²) in [6.45, 7) is 20.9. The van der Waals surface area contributed by atoms with Gasteiger partial charge in [-0.1, -0.05) is 27.7 Å². The van der Waals surface area contributed by atoms with Gasteiger partial charge in [-0.25, -0.2) is 0 Å². The molecule has 3 aliphatic heterocycles. The van der Waals surface area contributed by atoms with E-state index < -0.39 is 95.5 Å². The lowest BCUT2D eigenvalue weighted by molar-refractivity contribution is -0.336. The molecule has 0 bridgehead atoms. The van der Waals surface area contributed by atoms with E-state index in [1.807, 2.05) is 53.6 Å². The highest BCUT2D eigenvalue weighted by molar-refractivity contribution is 5.73. The zero-order chi connectivity index (χ0) is 42.6. The van der Waals surface area contributed by atoms with Crippen LogP contribution in [-0.4, -0.2) is 167 Å². The van der Waals surface area contributed by atoms with Crippen LogP contribution in [0.15, 0.2) is 0 Å². The number of hydrogen-bond acceptors (Lipinski definition) is 15. The maximum atomic E-state index is 14.3. The van der Waals surface area contributed by atoms with E-state index in [4.69, 9.17) is 28.4 Å². The first kappa shape index (κ1) is 49.3. The Morgan fingerprint density at radius 3 is 2.18 bits per heavy atom. The summed E-state index contributed by atoms with van der Waals surface area (Å²) in [5, 5.41) is 65.8. The minimum atomic E-state index is -1.81. The van der Waals surface area contributed by atoms with Gasteiger partial charge < -0.3 is 69.5 Å². The Kier molecular flexibility index (Phi) is 17.6. The van der Waals surface area contributed by atoms with E-state index in [0.29, 0.717) is 19.5 Å². The second-order valence-electron chi connectivity index (χ2n) is 18.2. The smallest absolute Gasteiger partial charge is 0.311 e. The van der Waals surface area contributed by atoms with Gasteiger partial charge in [0.25, 0.3) is 0 Å². The van der Waals surface area contributed by atoms with E-state index in [0.717, 1.165) is 6.42 Å². The fourth-order valence-electron chi connectivity index (χ4n) is 9.21. The van der Waals surface area contributed by atoms with Gasteiger partial charge in [0.1, 0.15) is 35.1 Å². The van der Waals surface area contributed by atoms with Crippen molar-refractivity contribution >= 4 is 5.97 Å². The van der Waals surface area contributed by atoms with E-state index in [1.165, 1.54) is 14.0 Å². The summed E-state index contributed by atoms with van der Waals surface area (Å²) >= 11 is 0. The number of rotatable bonds is 11. The summed E-state index contributed by atoms with van der Waals surface area (Å²) < 4.78 is 38.3. The van der Waals surface area contributed by atoms with Crippen LogP contribution in [0.5, 0.6) is 0 Å². The van der Waals surface area contributed by atoms with Crippen LogP contribution in [0, 0.1) is 17.8 Å². The molecule has 1 unspecified atom stereocenters. The minimum Gasteiger partial charge on any atom is -0.459 e. The molecule has 0 amide bonds. The molecule has 7 N–H and O–H groups in total. The van der Waals surface area contributed by atoms with Gasteiger partial charge >= 0.3 is 5.97 Å². The molecule has 3 aliphatic rings. The lowest BCUT2D eigenvalue weighted by Gasteiger charge is -2.53. The van der Waals surface area contributed by atoms with Crippen LogP contribution in [0.25, 0.3) is 0 Å². The Balaban J connectivity index is 2.16. The molecule has 18 atom stereocenters. The molecule has 56 heavy (non-hydrogen) atoms. The Hall–Kier alpha value is -1.05. The lowest BCUT2D eigenvalue weighted by atomic mass is 9.75. The summed E-state index contributed by atoms with van der Waals surface area (Å²) in [6.07, 6.45) is -6.71. The van der Waals surface area contributed by atoms with Crippen molar-refractivity contribution < 1.29 is 58.7 Å². The predicted molar refractivity (Wildman–Crippen MR) is 212 cm³/mol. The molecule has 0 aromatic rings. The zero-order valence-electron chi connectivity index (χ0n) is 36.8. The number of carbonyl (C=O) groups is 1. The molecule has 330 valence electrons. The quantitative estimate of drug-likeness (QED) is 0.118. The molecular formula is C41H79N3O12. The highest BCUT2D eigenvalue weighted by atomic mass is 16.7. The standard InChI is InChI=1S/C41H79N3O12/c1-15-17-42-22-41(50)28(8)53-31(20-39(41,10)51-14)55-33-25(5)35(56-37-32(45)29(44(12)13)18-24(4)52-37)38(9,48)19-23(3)21-43-27(7)34(46)40(11,49)30(16-2)54-36(47)26(33)6/h23-35,37,42-43,45-46,48-50H,15-22H2,1-14H3/t23-,24-,25+,26-,27-,28+,29+,30-,31?,32-,33+,34-,35-,37+,38-,39-,40-,41+/m1/s1. The largest absolute Gasteiger partial charge is 0.459 e. The first-order valence-corrected chi connectivity index (χ1v) is 20.9. The van der Waals surface area contributed by atoms with E-state index in [-0.39, 0.29) is 43.9 Å². The van der Waals surface area contributed by atoms with Crippen molar-refractivity contribution in [3.63, 3.8) is 0 Å². The molecule has 0 aromatic heterocycles. The maximum Gasteiger partial charge on any atom is 0.311 e. The topological polar surface area (TPSA) is 201 Å². The first-order valence-electron chi connectivity index (χ1n) is 20.9. The number of aliphatic hydroxyl groups excluding tert-OH is 2. The third-order valence-corrected chi connectivity index (χ3v) is 13.0. The van der Waals surface area contributed by atoms with Crippen LogP contribution in [0.4, 0.5) is 0 Å². The van der Waals surface area contributed by atoms with Crippen LogP contribution in [0.3, 0.4) is 0 Å². The number of nitrogens with one attached hydrogen (secondary N) is 2. The predicted octanol–water partition coefficient (Wildman–Crippen LogP) is 1.93. The van der Waals surface area contributed by atoms with Crippen molar-refractivity contribution in [2.24, 2.45) is 17.8 Å². The van der Waals surface area contributed by atoms with Gasteiger partial charge in [-0.05, 0) is 107 Å². The van der Waals surface area contributed by atoms with Crippen LogP contribution < -0.4 is 10.6 Å². The van der Waals surface area contributed by atoms with Crippen LogP contribution in [0.2, 0.25) is 0 Å². The van der Waals surface area contributed by atoms with Crippen molar-refractivity contribution in [2.75, 3.05) is 40.8 Å². The molecule has 15 heteroatoms. The molecule has 3 saturated heterocycles. The average molecular weight is 806 g/mol. The molecule has 0 aliphatic carbocycles. The number of nitrogens with zero attached hydrogens (tertiary/aromatic N) is 1. The second-order valence-corrected chi connectivity index (χ2v) is 18.2. The highest BCUT2D eigenvalue weighted by Gasteiger charge is 2.58. The molecule has 0 saturated carbocycles. The van der Waals surface area contributed by atoms with Crippen LogP contribution in [-0.2, 0) is 33.2 Å². The second kappa shape index (κ2) is 20.0. The third kappa shape index (κ3) is 11.0. The van der Waals surface area contributed by atoms with Gasteiger partial charge in [-0.3, -0.25) is 4.79 Å². The summed E-state index contributed by atoms with van der Waals surface area (Å²) in [6, 6.07) is -0.877. The number of likely N-dealkylation sites (N-methyl/N-ethyl adjacent to an activating group) is 1. The number of ether oxygens (including phenoxy) is 6. The lowest BCUT2D eigenvalue weighted by Crippen LogP contribution is -2.70. The molecule has 0 spiro atoms. The van der Waals surface area contributed by atoms with Crippen molar-refractivity contribution in [1.82, 2.24) is 15.5 Å². The van der Waals surface area contributed by atoms with Gasteiger partial charge in [-0.15, -0.1) is 0 Å². The number of methoxy groups -OCH3 is 1. The maximum absolute atomic E-state index is 14.3. The monoisotopic (exact) mass is 806 g/mol. The summed E-state index contributed by atoms with van der Waals surface area (Å²) in [7, 11) is 5.31. The van der Waals surface area contributed by atoms with Gasteiger partial charge in [0.05, 0.1) is 35.9 Å². The van der Waals surface area contributed by atoms with Crippen molar-refractivity contribution in [3.05, 3.63) is 0 Å². The molecular weight excluding hydrogens is 726 g/mol. The Morgan fingerprint density at radius 1 is 0.964 bits per heavy atom. The first-order chi connectivity index (χ1) is 25.9. The normalized spacial score (nSPS) is 47.9. The zero-order valence-corrected chi connectivity index (χ0v) is 36.8. The molecule has 0 aromatic carbocycles. The van der Waals surface area contributed by atoms with E-state index in [9.17, 15) is 30.3 Å². The number of aliphatic hydroxyl groups is 5. The van der Waals surface area contributed by atoms with Crippen molar-refractivity contribution in [1.29, 1.82) is 0 Å². The van der Waals surface area contributed by atoms with Gasteiger partial charge in [0.2, 0.25) is 0 Å². The fourth-order valence-corrected chi connectivity index (χ4v) is 9.21. The Bertz CT molecular complexity index is 1230. The fraction of sp³-hybridized carbons (Fsp3) is 0.976. The molecule has 3 fully saturated rings. The minimum absolute atomic E-state index is 0.0939. The summed E-state index contributed by atoms with van der Waals surface area (Å²) in [5.74, 6) is -2.66. The average Bonchev–Trinajstić information content (AvgIpc) is 3.12.